The smallest absolute Gasteiger partial charge is 0.379 e. The number of carbonyl (C=O) groups excluding carboxylic acids is 1. The van der Waals surface area contributed by atoms with E-state index in [1.807, 2.05) is 0 Å². The van der Waals surface area contributed by atoms with Gasteiger partial charge in [-0.15, -0.1) is 0 Å². The number of rotatable bonds is 7. The maximum atomic E-state index is 11.3. The summed E-state index contributed by atoms with van der Waals surface area (Å²) in [4.78, 5) is 15.3. The fourth-order valence-electron chi connectivity index (χ4n) is 1.43. The zero-order chi connectivity index (χ0) is 12.7. The molecule has 2 N–H and O–H groups in total. The number of hydrogen-bond donors (Lipinski definition) is 1. The van der Waals surface area contributed by atoms with E-state index < -0.39 is 5.97 Å². The summed E-state index contributed by atoms with van der Waals surface area (Å²) in [6.07, 6.45) is 2.55. The molecule has 1 aromatic rings. The second kappa shape index (κ2) is 7.01. The highest BCUT2D eigenvalue weighted by Gasteiger charge is 2.15. The molecule has 0 saturated heterocycles. The Morgan fingerprint density at radius 2 is 2.29 bits per heavy atom. The molecule has 0 radical (unpaired) electrons. The quantitative estimate of drug-likeness (QED) is 0.720. The van der Waals surface area contributed by atoms with Crippen molar-refractivity contribution in [1.82, 2.24) is 10.1 Å². The van der Waals surface area contributed by atoms with E-state index in [1.54, 1.807) is 6.92 Å². The molecule has 6 heteroatoms. The number of aryl methyl sites for hydroxylation is 1. The predicted molar refractivity (Wildman–Crippen MR) is 61.4 cm³/mol. The lowest BCUT2D eigenvalue weighted by Crippen LogP contribution is -2.08. The van der Waals surface area contributed by atoms with Crippen LogP contribution in [0.5, 0.6) is 0 Å². The molecule has 0 bridgehead atoms. The lowest BCUT2D eigenvalue weighted by atomic mass is 10.0. The molecule has 0 aromatic carbocycles. The Labute approximate surface area is 101 Å². The molecule has 6 nitrogen and oxygen atoms in total. The van der Waals surface area contributed by atoms with E-state index in [0.717, 1.165) is 12.8 Å². The molecule has 0 spiro atoms. The fourth-order valence-corrected chi connectivity index (χ4v) is 1.43. The third-order valence-corrected chi connectivity index (χ3v) is 2.44. The van der Waals surface area contributed by atoms with Crippen molar-refractivity contribution in [3.63, 3.8) is 0 Å². The normalized spacial score (nSPS) is 12.4. The molecule has 17 heavy (non-hydrogen) atoms. The zero-order valence-corrected chi connectivity index (χ0v) is 10.3. The highest BCUT2D eigenvalue weighted by molar-refractivity contribution is 5.84. The van der Waals surface area contributed by atoms with E-state index in [2.05, 4.69) is 17.1 Å². The number of carbonyl (C=O) groups is 1. The molecule has 0 aliphatic carbocycles. The summed E-state index contributed by atoms with van der Waals surface area (Å²) in [6, 6.07) is 0. The van der Waals surface area contributed by atoms with E-state index in [1.165, 1.54) is 0 Å². The van der Waals surface area contributed by atoms with E-state index in [9.17, 15) is 4.79 Å². The first-order valence-electron chi connectivity index (χ1n) is 5.87. The standard InChI is InChI=1S/C11H19N3O3/c1-3-16-11(15)10-13-9(17-14-10)5-4-8(2)6-7-12/h8H,3-7,12H2,1-2H3. The van der Waals surface area contributed by atoms with E-state index in [0.29, 0.717) is 31.4 Å². The third kappa shape index (κ3) is 4.52. The van der Waals surface area contributed by atoms with Crippen LogP contribution in [0.1, 0.15) is 43.2 Å². The van der Waals surface area contributed by atoms with Crippen molar-refractivity contribution in [2.45, 2.75) is 33.1 Å². The van der Waals surface area contributed by atoms with Gasteiger partial charge in [0.2, 0.25) is 5.89 Å². The summed E-state index contributed by atoms with van der Waals surface area (Å²) in [7, 11) is 0. The van der Waals surface area contributed by atoms with Crippen LogP contribution < -0.4 is 5.73 Å². The van der Waals surface area contributed by atoms with E-state index >= 15 is 0 Å². The van der Waals surface area contributed by atoms with Crippen LogP contribution in [0.25, 0.3) is 0 Å². The van der Waals surface area contributed by atoms with Crippen LogP contribution in [0.2, 0.25) is 0 Å². The average molecular weight is 241 g/mol. The van der Waals surface area contributed by atoms with Crippen molar-refractivity contribution in [3.05, 3.63) is 11.7 Å². The Balaban J connectivity index is 2.43. The minimum Gasteiger partial charge on any atom is -0.460 e. The minimum atomic E-state index is -0.544. The molecule has 96 valence electrons. The summed E-state index contributed by atoms with van der Waals surface area (Å²) >= 11 is 0. The highest BCUT2D eigenvalue weighted by Crippen LogP contribution is 2.11. The second-order valence-electron chi connectivity index (χ2n) is 3.95. The van der Waals surface area contributed by atoms with E-state index in [4.69, 9.17) is 15.0 Å². The Hall–Kier alpha value is -1.43. The topological polar surface area (TPSA) is 91.2 Å². The van der Waals surface area contributed by atoms with Crippen LogP contribution in [-0.4, -0.2) is 29.3 Å². The molecular weight excluding hydrogens is 222 g/mol. The Morgan fingerprint density at radius 3 is 2.94 bits per heavy atom. The predicted octanol–water partition coefficient (Wildman–Crippen LogP) is 1.16. The SMILES string of the molecule is CCOC(=O)c1noc(CCC(C)CCN)n1. The third-order valence-electron chi connectivity index (χ3n) is 2.44. The van der Waals surface area contributed by atoms with Gasteiger partial charge in [0.05, 0.1) is 6.61 Å². The summed E-state index contributed by atoms with van der Waals surface area (Å²) in [5.74, 6) is 0.431. The molecule has 1 aromatic heterocycles. The maximum Gasteiger partial charge on any atom is 0.379 e. The lowest BCUT2D eigenvalue weighted by Gasteiger charge is -2.06. The second-order valence-corrected chi connectivity index (χ2v) is 3.95. The highest BCUT2D eigenvalue weighted by atomic mass is 16.5. The van der Waals surface area contributed by atoms with Gasteiger partial charge < -0.3 is 15.0 Å². The van der Waals surface area contributed by atoms with Crippen molar-refractivity contribution in [3.8, 4) is 0 Å². The van der Waals surface area contributed by atoms with Gasteiger partial charge in [-0.2, -0.15) is 4.98 Å². The van der Waals surface area contributed by atoms with E-state index in [-0.39, 0.29) is 5.82 Å². The van der Waals surface area contributed by atoms with Gasteiger partial charge in [-0.1, -0.05) is 6.92 Å². The molecule has 1 unspecified atom stereocenters. The van der Waals surface area contributed by atoms with Gasteiger partial charge in [-0.3, -0.25) is 0 Å². The first-order valence-corrected chi connectivity index (χ1v) is 5.87. The average Bonchev–Trinajstić information content (AvgIpc) is 2.76. The number of nitrogens with two attached hydrogens (primary N) is 1. The summed E-state index contributed by atoms with van der Waals surface area (Å²) in [5, 5.41) is 3.57. The first kappa shape index (κ1) is 13.6. The largest absolute Gasteiger partial charge is 0.460 e. The molecule has 1 atom stereocenters. The molecule has 0 aliphatic rings. The first-order chi connectivity index (χ1) is 8.17. The van der Waals surface area contributed by atoms with Crippen LogP contribution in [-0.2, 0) is 11.2 Å². The number of ether oxygens (including phenoxy) is 1. The van der Waals surface area contributed by atoms with Gasteiger partial charge in [-0.25, -0.2) is 4.79 Å². The van der Waals surface area contributed by atoms with Crippen LogP contribution in [0.4, 0.5) is 0 Å². The molecular formula is C11H19N3O3. The fraction of sp³-hybridized carbons (Fsp3) is 0.727. The Morgan fingerprint density at radius 1 is 1.53 bits per heavy atom. The van der Waals surface area contributed by atoms with Crippen molar-refractivity contribution in [2.24, 2.45) is 11.7 Å². The summed E-state index contributed by atoms with van der Waals surface area (Å²) in [6.45, 7) is 4.83. The minimum absolute atomic E-state index is 0.00618. The number of esters is 1. The molecule has 0 saturated carbocycles. The van der Waals surface area contributed by atoms with Crippen LogP contribution in [0.3, 0.4) is 0 Å². The van der Waals surface area contributed by atoms with Crippen LogP contribution >= 0.6 is 0 Å². The lowest BCUT2D eigenvalue weighted by molar-refractivity contribution is 0.0508. The Kier molecular flexibility index (Phi) is 5.62. The number of nitrogens with zero attached hydrogens (tertiary/aromatic N) is 2. The molecule has 1 heterocycles. The van der Waals surface area contributed by atoms with Crippen molar-refractivity contribution < 1.29 is 14.1 Å². The number of hydrogen-bond acceptors (Lipinski definition) is 6. The van der Waals surface area contributed by atoms with Gasteiger partial charge in [-0.05, 0) is 37.4 Å². The van der Waals surface area contributed by atoms with Crippen molar-refractivity contribution >= 4 is 5.97 Å². The summed E-state index contributed by atoms with van der Waals surface area (Å²) < 4.78 is 9.73. The van der Waals surface area contributed by atoms with Gasteiger partial charge in [0.15, 0.2) is 0 Å². The summed E-state index contributed by atoms with van der Waals surface area (Å²) in [5.41, 5.74) is 5.46. The number of aromatic nitrogens is 2. The van der Waals surface area contributed by atoms with Gasteiger partial charge in [0, 0.05) is 6.42 Å². The van der Waals surface area contributed by atoms with Gasteiger partial charge in [0.1, 0.15) is 0 Å². The molecule has 0 amide bonds. The van der Waals surface area contributed by atoms with Crippen LogP contribution in [0, 0.1) is 5.92 Å². The molecule has 0 aliphatic heterocycles. The van der Waals surface area contributed by atoms with Gasteiger partial charge >= 0.3 is 5.97 Å². The van der Waals surface area contributed by atoms with Crippen LogP contribution in [0.15, 0.2) is 4.52 Å². The Bertz CT molecular complexity index is 351. The van der Waals surface area contributed by atoms with Crippen molar-refractivity contribution in [1.29, 1.82) is 0 Å². The molecule has 1 rings (SSSR count). The molecule has 0 fully saturated rings. The monoisotopic (exact) mass is 241 g/mol. The van der Waals surface area contributed by atoms with Gasteiger partial charge in [0.25, 0.3) is 5.82 Å². The maximum absolute atomic E-state index is 11.3. The zero-order valence-electron chi connectivity index (χ0n) is 10.3. The van der Waals surface area contributed by atoms with Crippen molar-refractivity contribution in [2.75, 3.05) is 13.2 Å².